The molecule has 0 atom stereocenters. The summed E-state index contributed by atoms with van der Waals surface area (Å²) in [5.74, 6) is 0. The maximum absolute atomic E-state index is 10.7. The minimum Gasteiger partial charge on any atom is -0.258 e. The molecule has 1 aromatic rings. The number of nitro benzene ring substituents is 1. The fourth-order valence-electron chi connectivity index (χ4n) is 1.28. The zero-order valence-electron chi connectivity index (χ0n) is 8.47. The maximum atomic E-state index is 10.7. The minimum atomic E-state index is -1.33. The van der Waals surface area contributed by atoms with E-state index in [1.54, 1.807) is 0 Å². The number of hydrazine groups is 2. The van der Waals surface area contributed by atoms with Crippen LogP contribution in [0.2, 0.25) is 0 Å². The Labute approximate surface area is 93.5 Å². The van der Waals surface area contributed by atoms with Crippen molar-refractivity contribution in [1.82, 2.24) is 0 Å². The summed E-state index contributed by atoms with van der Waals surface area (Å²) in [6.07, 6.45) is 0. The van der Waals surface area contributed by atoms with E-state index in [4.69, 9.17) is 0 Å². The summed E-state index contributed by atoms with van der Waals surface area (Å²) in [4.78, 5) is 30.8. The third kappa shape index (κ3) is 2.25. The molecule has 0 heterocycles. The number of hydrogen-bond donors (Lipinski definition) is 0. The van der Waals surface area contributed by atoms with Crippen LogP contribution in [-0.2, 0) is 0 Å². The van der Waals surface area contributed by atoms with Gasteiger partial charge in [-0.2, -0.15) is 0 Å². The van der Waals surface area contributed by atoms with Gasteiger partial charge in [-0.05, 0) is 13.0 Å². The number of aryl methyl sites for hydroxylation is 1. The molecule has 0 aromatic heterocycles. The average molecular weight is 242 g/mol. The van der Waals surface area contributed by atoms with Crippen molar-refractivity contribution in [2.45, 2.75) is 6.92 Å². The van der Waals surface area contributed by atoms with Crippen molar-refractivity contribution in [3.05, 3.63) is 54.1 Å². The molecule has 1 aromatic carbocycles. The molecule has 0 fully saturated rings. The molecule has 1 rings (SSSR count). The lowest BCUT2D eigenvalue weighted by Crippen LogP contribution is -2.36. The molecule has 90 valence electrons. The van der Waals surface area contributed by atoms with Gasteiger partial charge in [0.25, 0.3) is 5.69 Å². The summed E-state index contributed by atoms with van der Waals surface area (Å²) in [5, 5.41) is 28.6. The van der Waals surface area contributed by atoms with Crippen LogP contribution in [0, 0.1) is 37.3 Å². The Bertz CT molecular complexity index is 487. The van der Waals surface area contributed by atoms with Crippen molar-refractivity contribution in [2.75, 3.05) is 5.12 Å². The Balaban J connectivity index is 3.48. The summed E-state index contributed by atoms with van der Waals surface area (Å²) >= 11 is 0. The van der Waals surface area contributed by atoms with Gasteiger partial charge in [-0.15, -0.1) is 0 Å². The topological polar surface area (TPSA) is 133 Å². The number of rotatable bonds is 4. The third-order valence-corrected chi connectivity index (χ3v) is 1.92. The van der Waals surface area contributed by atoms with E-state index in [0.717, 1.165) is 6.07 Å². The minimum absolute atomic E-state index is 0.0983. The van der Waals surface area contributed by atoms with Crippen LogP contribution in [0.25, 0.3) is 0 Å². The Kier molecular flexibility index (Phi) is 3.17. The Morgan fingerprint density at radius 2 is 1.59 bits per heavy atom. The highest BCUT2D eigenvalue weighted by molar-refractivity contribution is 5.63. The quantitative estimate of drug-likeness (QED) is 0.569. The highest BCUT2D eigenvalue weighted by Crippen LogP contribution is 2.31. The van der Waals surface area contributed by atoms with Gasteiger partial charge in [0.15, 0.2) is 0 Å². The van der Waals surface area contributed by atoms with E-state index in [-0.39, 0.29) is 5.56 Å². The Morgan fingerprint density at radius 3 is 2.00 bits per heavy atom. The van der Waals surface area contributed by atoms with E-state index in [0.29, 0.717) is 0 Å². The molecule has 0 N–H and O–H groups in total. The molecule has 17 heavy (non-hydrogen) atoms. The van der Waals surface area contributed by atoms with Crippen molar-refractivity contribution >= 4 is 11.4 Å². The van der Waals surface area contributed by atoms with E-state index in [1.165, 1.54) is 19.1 Å². The average Bonchev–Trinajstić information content (AvgIpc) is 2.15. The predicted octanol–water partition coefficient (Wildman–Crippen LogP) is 1.09. The maximum Gasteiger partial charge on any atom is 0.308 e. The number of anilines is 1. The molecule has 0 spiro atoms. The summed E-state index contributed by atoms with van der Waals surface area (Å²) < 4.78 is 0. The van der Waals surface area contributed by atoms with Crippen molar-refractivity contribution in [2.24, 2.45) is 0 Å². The molecule has 0 saturated carbocycles. The smallest absolute Gasteiger partial charge is 0.258 e. The molecule has 0 unspecified atom stereocenters. The molecule has 0 aliphatic rings. The first-order valence-electron chi connectivity index (χ1n) is 4.19. The van der Waals surface area contributed by atoms with Gasteiger partial charge in [0.1, 0.15) is 0 Å². The molecular weight excluding hydrogens is 236 g/mol. The van der Waals surface area contributed by atoms with Crippen molar-refractivity contribution in [3.63, 3.8) is 0 Å². The highest BCUT2D eigenvalue weighted by Gasteiger charge is 2.38. The zero-order valence-corrected chi connectivity index (χ0v) is 8.47. The van der Waals surface area contributed by atoms with Gasteiger partial charge in [0.2, 0.25) is 15.2 Å². The Morgan fingerprint density at radius 1 is 1.06 bits per heavy atom. The first kappa shape index (κ1) is 12.3. The SMILES string of the molecule is Cc1cccc(N([N+](=O)[O-])[N+](=O)[O-])c1[N+](=O)[O-]. The second-order valence-electron chi connectivity index (χ2n) is 2.96. The number of para-hydroxylation sites is 1. The fourth-order valence-corrected chi connectivity index (χ4v) is 1.28. The molecule has 0 bridgehead atoms. The fraction of sp³-hybridized carbons (Fsp3) is 0.143. The lowest BCUT2D eigenvalue weighted by molar-refractivity contribution is -0.712. The lowest BCUT2D eigenvalue weighted by Gasteiger charge is -2.05. The van der Waals surface area contributed by atoms with Crippen molar-refractivity contribution in [3.8, 4) is 0 Å². The zero-order chi connectivity index (χ0) is 13.2. The molecular formula is C7H6N4O6. The highest BCUT2D eigenvalue weighted by atomic mass is 16.8. The van der Waals surface area contributed by atoms with E-state index < -0.39 is 31.5 Å². The third-order valence-electron chi connectivity index (χ3n) is 1.92. The van der Waals surface area contributed by atoms with E-state index in [2.05, 4.69) is 0 Å². The summed E-state index contributed by atoms with van der Waals surface area (Å²) in [7, 11) is 0. The van der Waals surface area contributed by atoms with Gasteiger partial charge in [-0.1, -0.05) is 12.1 Å². The molecule has 0 radical (unpaired) electrons. The molecule has 0 amide bonds. The van der Waals surface area contributed by atoms with Crippen LogP contribution in [0.1, 0.15) is 5.56 Å². The van der Waals surface area contributed by atoms with Crippen molar-refractivity contribution < 1.29 is 15.0 Å². The van der Waals surface area contributed by atoms with Gasteiger partial charge < -0.3 is 0 Å². The first-order valence-corrected chi connectivity index (χ1v) is 4.19. The molecule has 0 aliphatic heterocycles. The second-order valence-corrected chi connectivity index (χ2v) is 2.96. The number of hydrogen-bond acceptors (Lipinski definition) is 6. The van der Waals surface area contributed by atoms with Gasteiger partial charge >= 0.3 is 5.69 Å². The number of nitrogens with zero attached hydrogens (tertiary/aromatic N) is 4. The van der Waals surface area contributed by atoms with Crippen LogP contribution in [0.5, 0.6) is 0 Å². The Hall–Kier alpha value is -2.78. The van der Waals surface area contributed by atoms with E-state index in [9.17, 15) is 30.3 Å². The molecule has 10 nitrogen and oxygen atoms in total. The molecule has 0 saturated heterocycles. The summed E-state index contributed by atoms with van der Waals surface area (Å²) in [5.41, 5.74) is -1.26. The number of nitro groups is 3. The first-order chi connectivity index (χ1) is 7.86. The van der Waals surface area contributed by atoms with Crippen LogP contribution in [0.15, 0.2) is 18.2 Å². The van der Waals surface area contributed by atoms with E-state index in [1.807, 2.05) is 0 Å². The van der Waals surface area contributed by atoms with Crippen LogP contribution in [0.3, 0.4) is 0 Å². The standard InChI is InChI=1S/C7H6N4O6/c1-5-3-2-4-6(7(5)9(12)13)8(10(14)15)11(16)17/h2-4H,1H3. The molecule has 0 aliphatic carbocycles. The molecule has 10 heteroatoms. The summed E-state index contributed by atoms with van der Waals surface area (Å²) in [6.45, 7) is 1.33. The van der Waals surface area contributed by atoms with Gasteiger partial charge in [0.05, 0.1) is 4.92 Å². The lowest BCUT2D eigenvalue weighted by atomic mass is 10.2. The normalized spacial score (nSPS) is 9.71. The van der Waals surface area contributed by atoms with Gasteiger partial charge in [-0.3, -0.25) is 10.1 Å². The predicted molar refractivity (Wildman–Crippen MR) is 54.3 cm³/mol. The van der Waals surface area contributed by atoms with Crippen molar-refractivity contribution in [1.29, 1.82) is 0 Å². The van der Waals surface area contributed by atoms with Crippen LogP contribution in [-0.4, -0.2) is 15.0 Å². The summed E-state index contributed by atoms with van der Waals surface area (Å²) in [6, 6.07) is 3.54. The number of benzene rings is 1. The van der Waals surface area contributed by atoms with E-state index >= 15 is 0 Å². The largest absolute Gasteiger partial charge is 0.308 e. The van der Waals surface area contributed by atoms with Crippen LogP contribution in [0.4, 0.5) is 11.4 Å². The van der Waals surface area contributed by atoms with Crippen LogP contribution >= 0.6 is 0 Å². The van der Waals surface area contributed by atoms with Crippen LogP contribution < -0.4 is 5.12 Å². The van der Waals surface area contributed by atoms with Gasteiger partial charge in [-0.25, -0.2) is 20.2 Å². The second kappa shape index (κ2) is 4.38. The monoisotopic (exact) mass is 242 g/mol. The van der Waals surface area contributed by atoms with Gasteiger partial charge in [0, 0.05) is 5.56 Å².